The van der Waals surface area contributed by atoms with Crippen LogP contribution in [0.5, 0.6) is 0 Å². The summed E-state index contributed by atoms with van der Waals surface area (Å²) in [7, 11) is 0. The summed E-state index contributed by atoms with van der Waals surface area (Å²) in [6, 6.07) is 9.56. The van der Waals surface area contributed by atoms with Crippen LogP contribution < -0.4 is 0 Å². The van der Waals surface area contributed by atoms with Gasteiger partial charge in [-0.25, -0.2) is 4.68 Å². The number of nitrogens with zero attached hydrogens (tertiary/aromatic N) is 4. The Labute approximate surface area is 139 Å². The largest absolute Gasteiger partial charge is 0.279 e. The Morgan fingerprint density at radius 2 is 1.95 bits per heavy atom. The van der Waals surface area contributed by atoms with Crippen molar-refractivity contribution in [2.24, 2.45) is 0 Å². The number of likely N-dealkylation sites (tertiary alicyclic amines) is 1. The number of piperidine rings is 1. The molecule has 2 atom stereocenters. The van der Waals surface area contributed by atoms with Crippen LogP contribution in [0.2, 0.25) is 0 Å². The van der Waals surface area contributed by atoms with Gasteiger partial charge in [-0.2, -0.15) is 0 Å². The minimum absolute atomic E-state index is 0.599. The summed E-state index contributed by atoms with van der Waals surface area (Å²) in [5.74, 6) is 0. The highest BCUT2D eigenvalue weighted by Crippen LogP contribution is 2.27. The van der Waals surface area contributed by atoms with Crippen LogP contribution in [-0.2, 0) is 6.67 Å². The van der Waals surface area contributed by atoms with Gasteiger partial charge in [-0.15, -0.1) is 5.10 Å². The van der Waals surface area contributed by atoms with Gasteiger partial charge in [0.25, 0.3) is 0 Å². The van der Waals surface area contributed by atoms with Gasteiger partial charge >= 0.3 is 0 Å². The van der Waals surface area contributed by atoms with Crippen LogP contribution in [0, 0.1) is 4.77 Å². The fourth-order valence-corrected chi connectivity index (χ4v) is 4.85. The molecule has 0 N–H and O–H groups in total. The van der Waals surface area contributed by atoms with Gasteiger partial charge in [0.05, 0.1) is 16.9 Å². The molecule has 1 aliphatic rings. The summed E-state index contributed by atoms with van der Waals surface area (Å²) < 4.78 is 6.14. The third-order valence-corrected chi connectivity index (χ3v) is 6.20. The lowest BCUT2D eigenvalue weighted by molar-refractivity contribution is 0.0637. The molecule has 1 aromatic carbocycles. The van der Waals surface area contributed by atoms with E-state index >= 15 is 0 Å². The van der Waals surface area contributed by atoms with Crippen LogP contribution in [0.4, 0.5) is 0 Å². The maximum absolute atomic E-state index is 5.70. The third kappa shape index (κ3) is 2.21. The van der Waals surface area contributed by atoms with E-state index < -0.39 is 0 Å². The number of hydrogen-bond donors (Lipinski definition) is 0. The molecule has 116 valence electrons. The average molecular weight is 332 g/mol. The second-order valence-electron chi connectivity index (χ2n) is 6.25. The average Bonchev–Trinajstić information content (AvgIpc) is 3.00. The lowest BCUT2D eigenvalue weighted by Gasteiger charge is -2.38. The summed E-state index contributed by atoms with van der Waals surface area (Å²) in [6.07, 6.45) is 3.86. The number of benzene rings is 1. The molecule has 6 heteroatoms. The zero-order chi connectivity index (χ0) is 15.3. The van der Waals surface area contributed by atoms with Crippen LogP contribution in [-0.4, -0.2) is 31.2 Å². The van der Waals surface area contributed by atoms with Crippen LogP contribution in [0.3, 0.4) is 0 Å². The quantitative estimate of drug-likeness (QED) is 0.654. The van der Waals surface area contributed by atoms with Crippen molar-refractivity contribution in [3.8, 4) is 0 Å². The molecular formula is C16H20N4S2. The highest BCUT2D eigenvalue weighted by atomic mass is 32.1. The number of rotatable bonds is 2. The minimum Gasteiger partial charge on any atom is -0.279 e. The summed E-state index contributed by atoms with van der Waals surface area (Å²) in [4.78, 5) is 3.52. The SMILES string of the molecule is CC1CCCC(C)N1Cn1nc2sc3ccccc3n2c1=S. The van der Waals surface area contributed by atoms with Crippen LogP contribution in [0.15, 0.2) is 24.3 Å². The Morgan fingerprint density at radius 1 is 1.23 bits per heavy atom. The Hall–Kier alpha value is -1.24. The highest BCUT2D eigenvalue weighted by Gasteiger charge is 2.25. The zero-order valence-corrected chi connectivity index (χ0v) is 14.5. The van der Waals surface area contributed by atoms with Gasteiger partial charge in [0, 0.05) is 12.1 Å². The van der Waals surface area contributed by atoms with Crippen LogP contribution in [0.1, 0.15) is 33.1 Å². The molecule has 1 fully saturated rings. The van der Waals surface area contributed by atoms with Crippen molar-refractivity contribution in [2.45, 2.75) is 51.9 Å². The first kappa shape index (κ1) is 14.4. The zero-order valence-electron chi connectivity index (χ0n) is 12.9. The van der Waals surface area contributed by atoms with E-state index in [9.17, 15) is 0 Å². The predicted octanol–water partition coefficient (Wildman–Crippen LogP) is 4.30. The summed E-state index contributed by atoms with van der Waals surface area (Å²) in [5.41, 5.74) is 1.17. The van der Waals surface area contributed by atoms with Crippen molar-refractivity contribution in [3.05, 3.63) is 29.0 Å². The molecule has 0 radical (unpaired) electrons. The van der Waals surface area contributed by atoms with Gasteiger partial charge in [-0.3, -0.25) is 9.30 Å². The van der Waals surface area contributed by atoms with Crippen molar-refractivity contribution < 1.29 is 0 Å². The summed E-state index contributed by atoms with van der Waals surface area (Å²) in [6.45, 7) is 5.42. The Kier molecular flexibility index (Phi) is 3.55. The molecule has 2 aromatic heterocycles. The third-order valence-electron chi connectivity index (χ3n) is 4.79. The molecule has 0 bridgehead atoms. The van der Waals surface area contributed by atoms with Gasteiger partial charge in [-0.05, 0) is 51.0 Å². The fraction of sp³-hybridized carbons (Fsp3) is 0.500. The molecule has 2 unspecified atom stereocenters. The first-order chi connectivity index (χ1) is 10.6. The number of hydrogen-bond acceptors (Lipinski definition) is 4. The molecule has 3 heterocycles. The van der Waals surface area contributed by atoms with Crippen LogP contribution in [0.25, 0.3) is 15.2 Å². The molecule has 3 aromatic rings. The van der Waals surface area contributed by atoms with E-state index in [4.69, 9.17) is 17.3 Å². The van der Waals surface area contributed by atoms with Crippen molar-refractivity contribution in [1.29, 1.82) is 0 Å². The Balaban J connectivity index is 1.76. The normalized spacial score (nSPS) is 23.5. The lowest BCUT2D eigenvalue weighted by Crippen LogP contribution is -2.44. The Morgan fingerprint density at radius 3 is 2.73 bits per heavy atom. The monoisotopic (exact) mass is 332 g/mol. The second kappa shape index (κ2) is 5.44. The molecular weight excluding hydrogens is 312 g/mol. The van der Waals surface area contributed by atoms with E-state index in [1.165, 1.54) is 29.5 Å². The second-order valence-corrected chi connectivity index (χ2v) is 7.63. The smallest absolute Gasteiger partial charge is 0.216 e. The molecule has 0 amide bonds. The van der Waals surface area contributed by atoms with E-state index in [1.807, 2.05) is 4.68 Å². The molecule has 0 aliphatic carbocycles. The maximum atomic E-state index is 5.70. The molecule has 0 saturated carbocycles. The Bertz CT molecular complexity index is 865. The van der Waals surface area contributed by atoms with Crippen molar-refractivity contribution in [2.75, 3.05) is 0 Å². The molecule has 22 heavy (non-hydrogen) atoms. The van der Waals surface area contributed by atoms with Crippen LogP contribution >= 0.6 is 23.6 Å². The van der Waals surface area contributed by atoms with E-state index in [2.05, 4.69) is 47.4 Å². The van der Waals surface area contributed by atoms with Crippen molar-refractivity contribution >= 4 is 38.7 Å². The van der Waals surface area contributed by atoms with Gasteiger partial charge in [0.15, 0.2) is 0 Å². The van der Waals surface area contributed by atoms with Gasteiger partial charge in [0.1, 0.15) is 0 Å². The number of thiazole rings is 1. The maximum Gasteiger partial charge on any atom is 0.216 e. The standard InChI is InChI=1S/C16H20N4S2/c1-11-6-5-7-12(2)18(11)10-19-16(21)20-13-8-3-4-9-14(13)22-15(20)17-19/h3-4,8-9,11-12H,5-7,10H2,1-2H3. The number of fused-ring (bicyclic) bond motifs is 3. The summed E-state index contributed by atoms with van der Waals surface area (Å²) in [5, 5.41) is 4.76. The molecule has 1 aliphatic heterocycles. The van der Waals surface area contributed by atoms with Gasteiger partial charge in [0.2, 0.25) is 9.73 Å². The van der Waals surface area contributed by atoms with E-state index in [0.717, 1.165) is 16.4 Å². The molecule has 1 saturated heterocycles. The first-order valence-corrected chi connectivity index (χ1v) is 9.10. The van der Waals surface area contributed by atoms with Gasteiger partial charge < -0.3 is 0 Å². The molecule has 4 nitrogen and oxygen atoms in total. The van der Waals surface area contributed by atoms with Gasteiger partial charge in [-0.1, -0.05) is 29.9 Å². The fourth-order valence-electron chi connectivity index (χ4n) is 3.49. The number of para-hydroxylation sites is 1. The van der Waals surface area contributed by atoms with E-state index in [0.29, 0.717) is 12.1 Å². The first-order valence-electron chi connectivity index (χ1n) is 7.88. The molecule has 0 spiro atoms. The predicted molar refractivity (Wildman–Crippen MR) is 94.0 cm³/mol. The lowest BCUT2D eigenvalue weighted by atomic mass is 9.98. The minimum atomic E-state index is 0.599. The summed E-state index contributed by atoms with van der Waals surface area (Å²) >= 11 is 7.40. The van der Waals surface area contributed by atoms with E-state index in [-0.39, 0.29) is 0 Å². The van der Waals surface area contributed by atoms with Crippen molar-refractivity contribution in [1.82, 2.24) is 19.1 Å². The topological polar surface area (TPSA) is 25.5 Å². The number of aromatic nitrogens is 3. The van der Waals surface area contributed by atoms with E-state index in [1.54, 1.807) is 11.3 Å². The molecule has 4 rings (SSSR count). The highest BCUT2D eigenvalue weighted by molar-refractivity contribution is 7.71. The van der Waals surface area contributed by atoms with Crippen molar-refractivity contribution in [3.63, 3.8) is 0 Å².